The van der Waals surface area contributed by atoms with Crippen molar-refractivity contribution >= 4 is 12.4 Å². The van der Waals surface area contributed by atoms with Crippen molar-refractivity contribution in [3.8, 4) is 11.5 Å². The summed E-state index contributed by atoms with van der Waals surface area (Å²) in [5.41, 5.74) is 1.38. The Labute approximate surface area is 82.6 Å². The molecule has 0 atom stereocenters. The van der Waals surface area contributed by atoms with Gasteiger partial charge < -0.3 is 9.84 Å². The zero-order valence-corrected chi connectivity index (χ0v) is 8.15. The number of hydrogen-bond donors (Lipinski definition) is 1. The molecule has 0 amide bonds. The summed E-state index contributed by atoms with van der Waals surface area (Å²) in [5, 5.41) is 9.43. The molecular weight excluding hydrogens is 180 g/mol. The van der Waals surface area contributed by atoms with Gasteiger partial charge in [-0.1, -0.05) is 6.07 Å². The van der Waals surface area contributed by atoms with Crippen molar-refractivity contribution in [2.24, 2.45) is 0 Å². The number of phenols is 1. The van der Waals surface area contributed by atoms with E-state index in [9.17, 15) is 9.90 Å². The Morgan fingerprint density at radius 2 is 2.21 bits per heavy atom. The summed E-state index contributed by atoms with van der Waals surface area (Å²) in [6.07, 6.45) is 2.45. The molecule has 0 fully saturated rings. The Morgan fingerprint density at radius 1 is 1.50 bits per heavy atom. The maximum atomic E-state index is 10.4. The lowest BCUT2D eigenvalue weighted by Crippen LogP contribution is -1.84. The SMILES string of the molecule is COc1ccc(C=C(C)C=O)cc1O. The highest BCUT2D eigenvalue weighted by Crippen LogP contribution is 2.26. The molecule has 0 spiro atoms. The topological polar surface area (TPSA) is 46.5 Å². The Balaban J connectivity index is 3.03. The molecule has 3 heteroatoms. The molecule has 0 aromatic heterocycles. The minimum absolute atomic E-state index is 0.0694. The second-order valence-corrected chi connectivity index (χ2v) is 2.94. The monoisotopic (exact) mass is 192 g/mol. The minimum atomic E-state index is 0.0694. The van der Waals surface area contributed by atoms with Crippen LogP contribution in [0.25, 0.3) is 6.08 Å². The Hall–Kier alpha value is -1.77. The van der Waals surface area contributed by atoms with Gasteiger partial charge in [0.15, 0.2) is 11.5 Å². The fraction of sp³-hybridized carbons (Fsp3) is 0.182. The van der Waals surface area contributed by atoms with Crippen LogP contribution in [0, 0.1) is 0 Å². The molecule has 0 aliphatic carbocycles. The van der Waals surface area contributed by atoms with Crippen LogP contribution in [0.15, 0.2) is 23.8 Å². The number of carbonyl (C=O) groups excluding carboxylic acids is 1. The van der Waals surface area contributed by atoms with Crippen LogP contribution in [-0.2, 0) is 4.79 Å². The van der Waals surface area contributed by atoms with Crippen LogP contribution in [0.2, 0.25) is 0 Å². The maximum Gasteiger partial charge on any atom is 0.160 e. The lowest BCUT2D eigenvalue weighted by Gasteiger charge is -2.03. The normalized spacial score (nSPS) is 11.1. The Morgan fingerprint density at radius 3 is 2.71 bits per heavy atom. The van der Waals surface area contributed by atoms with E-state index >= 15 is 0 Å². The van der Waals surface area contributed by atoms with E-state index in [1.165, 1.54) is 7.11 Å². The van der Waals surface area contributed by atoms with Crippen molar-refractivity contribution in [1.29, 1.82) is 0 Å². The van der Waals surface area contributed by atoms with E-state index in [1.54, 1.807) is 31.2 Å². The van der Waals surface area contributed by atoms with Crippen molar-refractivity contribution in [2.75, 3.05) is 7.11 Å². The molecule has 14 heavy (non-hydrogen) atoms. The van der Waals surface area contributed by atoms with Gasteiger partial charge in [0.05, 0.1) is 7.11 Å². The summed E-state index contributed by atoms with van der Waals surface area (Å²) in [5.74, 6) is 0.492. The molecular formula is C11H12O3. The number of allylic oxidation sites excluding steroid dienone is 1. The van der Waals surface area contributed by atoms with Crippen LogP contribution in [0.5, 0.6) is 11.5 Å². The fourth-order valence-corrected chi connectivity index (χ4v) is 1.09. The van der Waals surface area contributed by atoms with Gasteiger partial charge in [0.1, 0.15) is 6.29 Å². The second kappa shape index (κ2) is 4.46. The van der Waals surface area contributed by atoms with E-state index < -0.39 is 0 Å². The summed E-state index contributed by atoms with van der Waals surface area (Å²) >= 11 is 0. The molecule has 0 bridgehead atoms. The molecule has 0 saturated heterocycles. The predicted octanol–water partition coefficient (Wildman–Crippen LogP) is 2.00. The van der Waals surface area contributed by atoms with Gasteiger partial charge in [-0.25, -0.2) is 0 Å². The van der Waals surface area contributed by atoms with Crippen molar-refractivity contribution in [3.05, 3.63) is 29.3 Å². The third-order valence-corrected chi connectivity index (χ3v) is 1.78. The van der Waals surface area contributed by atoms with Gasteiger partial charge in [0.2, 0.25) is 0 Å². The number of aromatic hydroxyl groups is 1. The van der Waals surface area contributed by atoms with Gasteiger partial charge in [0.25, 0.3) is 0 Å². The van der Waals surface area contributed by atoms with E-state index in [1.807, 2.05) is 0 Å². The van der Waals surface area contributed by atoms with Gasteiger partial charge in [-0.15, -0.1) is 0 Å². The largest absolute Gasteiger partial charge is 0.504 e. The zero-order chi connectivity index (χ0) is 10.6. The van der Waals surface area contributed by atoms with Gasteiger partial charge in [-0.3, -0.25) is 4.79 Å². The predicted molar refractivity (Wildman–Crippen MR) is 54.4 cm³/mol. The van der Waals surface area contributed by atoms with Crippen LogP contribution >= 0.6 is 0 Å². The third kappa shape index (κ3) is 2.36. The molecule has 3 nitrogen and oxygen atoms in total. The molecule has 1 rings (SSSR count). The molecule has 0 heterocycles. The molecule has 74 valence electrons. The first-order valence-electron chi connectivity index (χ1n) is 4.18. The average molecular weight is 192 g/mol. The zero-order valence-electron chi connectivity index (χ0n) is 8.15. The van der Waals surface area contributed by atoms with Gasteiger partial charge in [0, 0.05) is 0 Å². The summed E-state index contributed by atoms with van der Waals surface area (Å²) in [6, 6.07) is 4.97. The number of ether oxygens (including phenoxy) is 1. The standard InChI is InChI=1S/C11H12O3/c1-8(7-12)5-9-3-4-11(14-2)10(13)6-9/h3-7,13H,1-2H3. The van der Waals surface area contributed by atoms with Crippen LogP contribution in [-0.4, -0.2) is 18.5 Å². The molecule has 1 aromatic carbocycles. The second-order valence-electron chi connectivity index (χ2n) is 2.94. The quantitative estimate of drug-likeness (QED) is 0.588. The highest BCUT2D eigenvalue weighted by atomic mass is 16.5. The molecule has 0 aliphatic heterocycles. The highest BCUT2D eigenvalue weighted by molar-refractivity contribution is 5.81. The van der Waals surface area contributed by atoms with Crippen molar-refractivity contribution < 1.29 is 14.6 Å². The Kier molecular flexibility index (Phi) is 3.29. The number of phenolic OH excluding ortho intramolecular Hbond substituents is 1. The van der Waals surface area contributed by atoms with E-state index in [0.717, 1.165) is 11.8 Å². The lowest BCUT2D eigenvalue weighted by atomic mass is 10.1. The van der Waals surface area contributed by atoms with E-state index in [2.05, 4.69) is 0 Å². The summed E-state index contributed by atoms with van der Waals surface area (Å²) in [4.78, 5) is 10.4. The highest BCUT2D eigenvalue weighted by Gasteiger charge is 2.00. The number of aldehydes is 1. The van der Waals surface area contributed by atoms with Gasteiger partial charge in [-0.2, -0.15) is 0 Å². The first-order chi connectivity index (χ1) is 6.67. The molecule has 0 saturated carbocycles. The van der Waals surface area contributed by atoms with Crippen LogP contribution in [0.4, 0.5) is 0 Å². The number of benzene rings is 1. The summed E-state index contributed by atoms with van der Waals surface area (Å²) in [7, 11) is 1.49. The van der Waals surface area contributed by atoms with Crippen molar-refractivity contribution in [2.45, 2.75) is 6.92 Å². The van der Waals surface area contributed by atoms with Crippen molar-refractivity contribution in [3.63, 3.8) is 0 Å². The summed E-state index contributed by atoms with van der Waals surface area (Å²) in [6.45, 7) is 1.70. The molecule has 0 unspecified atom stereocenters. The molecule has 0 aliphatic rings. The third-order valence-electron chi connectivity index (χ3n) is 1.78. The number of carbonyl (C=O) groups is 1. The maximum absolute atomic E-state index is 10.4. The van der Waals surface area contributed by atoms with E-state index in [-0.39, 0.29) is 5.75 Å². The molecule has 1 aromatic rings. The fourth-order valence-electron chi connectivity index (χ4n) is 1.09. The van der Waals surface area contributed by atoms with E-state index in [0.29, 0.717) is 11.3 Å². The van der Waals surface area contributed by atoms with Gasteiger partial charge in [-0.05, 0) is 36.3 Å². The van der Waals surface area contributed by atoms with Gasteiger partial charge >= 0.3 is 0 Å². The van der Waals surface area contributed by atoms with Crippen LogP contribution in [0.1, 0.15) is 12.5 Å². The van der Waals surface area contributed by atoms with Crippen molar-refractivity contribution in [1.82, 2.24) is 0 Å². The Bertz CT molecular complexity index is 367. The first-order valence-corrected chi connectivity index (χ1v) is 4.18. The minimum Gasteiger partial charge on any atom is -0.504 e. The molecule has 1 N–H and O–H groups in total. The summed E-state index contributed by atoms with van der Waals surface area (Å²) < 4.78 is 4.89. The first kappa shape index (κ1) is 10.3. The number of methoxy groups -OCH3 is 1. The smallest absolute Gasteiger partial charge is 0.160 e. The van der Waals surface area contributed by atoms with E-state index in [4.69, 9.17) is 4.74 Å². The lowest BCUT2D eigenvalue weighted by molar-refractivity contribution is -0.104. The number of hydrogen-bond acceptors (Lipinski definition) is 3. The average Bonchev–Trinajstić information content (AvgIpc) is 2.18. The molecule has 0 radical (unpaired) electrons. The van der Waals surface area contributed by atoms with Crippen LogP contribution < -0.4 is 4.74 Å². The number of rotatable bonds is 3. The van der Waals surface area contributed by atoms with Crippen LogP contribution in [0.3, 0.4) is 0 Å².